The molecule has 4 unspecified atom stereocenters. The fourth-order valence-electron chi connectivity index (χ4n) is 3.99. The first kappa shape index (κ1) is 17.1. The van der Waals surface area contributed by atoms with E-state index in [4.69, 9.17) is 9.29 Å². The van der Waals surface area contributed by atoms with Gasteiger partial charge in [-0.25, -0.2) is 0 Å². The molecule has 0 aromatic rings. The highest BCUT2D eigenvalue weighted by molar-refractivity contribution is 7.86. The lowest BCUT2D eigenvalue weighted by molar-refractivity contribution is -0.103. The van der Waals surface area contributed by atoms with Crippen LogP contribution >= 0.6 is 0 Å². The van der Waals surface area contributed by atoms with Crippen LogP contribution in [-0.4, -0.2) is 42.1 Å². The molecular formula is C13H22F2O5S. The highest BCUT2D eigenvalue weighted by Crippen LogP contribution is 2.47. The minimum atomic E-state index is -5.45. The van der Waals surface area contributed by atoms with Crippen LogP contribution in [0.2, 0.25) is 0 Å². The maximum absolute atomic E-state index is 13.0. The summed E-state index contributed by atoms with van der Waals surface area (Å²) in [6.45, 7) is 0.709. The van der Waals surface area contributed by atoms with Gasteiger partial charge in [0.2, 0.25) is 0 Å². The summed E-state index contributed by atoms with van der Waals surface area (Å²) in [5.41, 5.74) is -0.750. The third-order valence-electron chi connectivity index (χ3n) is 4.47. The van der Waals surface area contributed by atoms with Crippen molar-refractivity contribution in [3.05, 3.63) is 0 Å². The van der Waals surface area contributed by atoms with Crippen LogP contribution in [0.25, 0.3) is 0 Å². The maximum atomic E-state index is 13.0. The lowest BCUT2D eigenvalue weighted by Gasteiger charge is -2.47. The van der Waals surface area contributed by atoms with Crippen molar-refractivity contribution in [1.29, 1.82) is 0 Å². The number of ether oxygens (including phenoxy) is 1. The Labute approximate surface area is 123 Å². The molecule has 2 N–H and O–H groups in total. The zero-order valence-corrected chi connectivity index (χ0v) is 12.8. The Morgan fingerprint density at radius 1 is 1.29 bits per heavy atom. The first-order valence-corrected chi connectivity index (χ1v) is 8.60. The number of aliphatic hydroxyl groups is 1. The lowest BCUT2D eigenvalue weighted by atomic mass is 9.63. The van der Waals surface area contributed by atoms with E-state index in [2.05, 4.69) is 6.92 Å². The Morgan fingerprint density at radius 2 is 1.95 bits per heavy atom. The van der Waals surface area contributed by atoms with Crippen molar-refractivity contribution < 1.29 is 31.6 Å². The Bertz CT molecular complexity index is 477. The number of hydrogen-bond acceptors (Lipinski definition) is 4. The zero-order valence-electron chi connectivity index (χ0n) is 12.0. The van der Waals surface area contributed by atoms with Gasteiger partial charge in [0.15, 0.2) is 0 Å². The molecule has 124 valence electrons. The highest BCUT2D eigenvalue weighted by atomic mass is 32.2. The summed E-state index contributed by atoms with van der Waals surface area (Å²) in [5, 5.41) is 6.20. The molecule has 2 bridgehead atoms. The molecule has 8 heteroatoms. The molecule has 4 atom stereocenters. The first-order valence-electron chi connectivity index (χ1n) is 7.16. The van der Waals surface area contributed by atoms with Crippen LogP contribution in [0.4, 0.5) is 8.78 Å². The second-order valence-electron chi connectivity index (χ2n) is 6.77. The molecular weight excluding hydrogens is 306 g/mol. The average Bonchev–Trinajstić information content (AvgIpc) is 2.23. The summed E-state index contributed by atoms with van der Waals surface area (Å²) in [6.07, 6.45) is 3.76. The molecule has 0 saturated heterocycles. The Balaban J connectivity index is 1.85. The molecule has 0 radical (unpaired) electrons. The van der Waals surface area contributed by atoms with Crippen LogP contribution in [0.5, 0.6) is 0 Å². The van der Waals surface area contributed by atoms with Gasteiger partial charge in [-0.05, 0) is 49.9 Å². The van der Waals surface area contributed by atoms with E-state index >= 15 is 0 Å². The van der Waals surface area contributed by atoms with Gasteiger partial charge in [0.1, 0.15) is 6.61 Å². The number of hydrogen-bond donors (Lipinski definition) is 2. The molecule has 21 heavy (non-hydrogen) atoms. The average molecular weight is 328 g/mol. The minimum absolute atomic E-state index is 0.0295. The summed E-state index contributed by atoms with van der Waals surface area (Å²) in [5.74, 6) is 0.765. The van der Waals surface area contributed by atoms with Gasteiger partial charge in [-0.2, -0.15) is 17.2 Å². The SMILES string of the molecule is CC1CC2CC(COCC(F)(F)S(=O)(=O)O)CC(O)(C1)C2. The maximum Gasteiger partial charge on any atom is 0.392 e. The van der Waals surface area contributed by atoms with E-state index in [0.717, 1.165) is 19.3 Å². The van der Waals surface area contributed by atoms with Crippen LogP contribution in [0.1, 0.15) is 39.0 Å². The second-order valence-corrected chi connectivity index (χ2v) is 8.32. The van der Waals surface area contributed by atoms with Crippen molar-refractivity contribution in [3.8, 4) is 0 Å². The van der Waals surface area contributed by atoms with Gasteiger partial charge >= 0.3 is 15.4 Å². The number of alkyl halides is 2. The van der Waals surface area contributed by atoms with E-state index < -0.39 is 27.6 Å². The van der Waals surface area contributed by atoms with E-state index in [1.807, 2.05) is 0 Å². The molecule has 2 fully saturated rings. The number of halogens is 2. The number of fused-ring (bicyclic) bond motifs is 2. The third kappa shape index (κ3) is 4.12. The first-order chi connectivity index (χ1) is 9.51. The van der Waals surface area contributed by atoms with Crippen LogP contribution < -0.4 is 0 Å². The smallest absolute Gasteiger partial charge is 0.390 e. The largest absolute Gasteiger partial charge is 0.392 e. The molecule has 2 aliphatic carbocycles. The highest BCUT2D eigenvalue weighted by Gasteiger charge is 2.46. The van der Waals surface area contributed by atoms with Crippen LogP contribution in [0.15, 0.2) is 0 Å². The summed E-state index contributed by atoms with van der Waals surface area (Å²) in [7, 11) is -5.45. The summed E-state index contributed by atoms with van der Waals surface area (Å²) < 4.78 is 60.2. The van der Waals surface area contributed by atoms with Gasteiger partial charge in [-0.15, -0.1) is 0 Å². The van der Waals surface area contributed by atoms with Crippen LogP contribution in [-0.2, 0) is 14.9 Å². The topological polar surface area (TPSA) is 83.8 Å². The summed E-state index contributed by atoms with van der Waals surface area (Å²) in [4.78, 5) is 0. The molecule has 2 rings (SSSR count). The van der Waals surface area contributed by atoms with Crippen molar-refractivity contribution >= 4 is 10.1 Å². The van der Waals surface area contributed by atoms with Gasteiger partial charge < -0.3 is 9.84 Å². The molecule has 0 aromatic carbocycles. The van der Waals surface area contributed by atoms with Crippen molar-refractivity contribution in [2.75, 3.05) is 13.2 Å². The van der Waals surface area contributed by atoms with E-state index in [9.17, 15) is 22.3 Å². The Hall–Kier alpha value is -0.310. The normalized spacial score (nSPS) is 37.5. The molecule has 0 spiro atoms. The number of rotatable bonds is 5. The van der Waals surface area contributed by atoms with Gasteiger partial charge in [0.25, 0.3) is 0 Å². The molecule has 0 heterocycles. The van der Waals surface area contributed by atoms with Gasteiger partial charge in [0, 0.05) is 6.61 Å². The lowest BCUT2D eigenvalue weighted by Crippen LogP contribution is -2.46. The Morgan fingerprint density at radius 3 is 2.52 bits per heavy atom. The van der Waals surface area contributed by atoms with E-state index in [0.29, 0.717) is 24.7 Å². The van der Waals surface area contributed by atoms with Gasteiger partial charge in [-0.3, -0.25) is 4.55 Å². The quantitative estimate of drug-likeness (QED) is 0.755. The second kappa shape index (κ2) is 5.72. The molecule has 0 aliphatic heterocycles. The van der Waals surface area contributed by atoms with Gasteiger partial charge in [-0.1, -0.05) is 6.92 Å². The molecule has 0 amide bonds. The molecule has 5 nitrogen and oxygen atoms in total. The fraction of sp³-hybridized carbons (Fsp3) is 1.00. The minimum Gasteiger partial charge on any atom is -0.390 e. The van der Waals surface area contributed by atoms with Crippen molar-refractivity contribution in [2.24, 2.45) is 17.8 Å². The van der Waals surface area contributed by atoms with Crippen LogP contribution in [0, 0.1) is 17.8 Å². The fourth-order valence-corrected chi connectivity index (χ4v) is 4.22. The summed E-state index contributed by atoms with van der Waals surface area (Å²) in [6, 6.07) is 0. The van der Waals surface area contributed by atoms with Gasteiger partial charge in [0.05, 0.1) is 5.60 Å². The molecule has 2 aliphatic rings. The monoisotopic (exact) mass is 328 g/mol. The zero-order chi connectivity index (χ0) is 15.9. The van der Waals surface area contributed by atoms with E-state index in [1.54, 1.807) is 0 Å². The third-order valence-corrected chi connectivity index (χ3v) is 5.34. The standard InChI is InChI=1S/C13H22F2O5S/c1-9-2-10-3-11(6-12(16,4-9)5-10)7-20-8-13(14,15)21(17,18)19/h9-11,16H,2-8H2,1H3,(H,17,18,19). The predicted molar refractivity (Wildman–Crippen MR) is 71.5 cm³/mol. The van der Waals surface area contributed by atoms with Crippen molar-refractivity contribution in [2.45, 2.75) is 49.9 Å². The summed E-state index contributed by atoms with van der Waals surface area (Å²) >= 11 is 0. The van der Waals surface area contributed by atoms with Crippen molar-refractivity contribution in [1.82, 2.24) is 0 Å². The van der Waals surface area contributed by atoms with E-state index in [-0.39, 0.29) is 12.5 Å². The Kier molecular flexibility index (Phi) is 4.64. The predicted octanol–water partition coefficient (Wildman–Crippen LogP) is 2.06. The van der Waals surface area contributed by atoms with Crippen LogP contribution in [0.3, 0.4) is 0 Å². The molecule has 2 saturated carbocycles. The molecule has 0 aromatic heterocycles. The van der Waals surface area contributed by atoms with E-state index in [1.165, 1.54) is 0 Å². The van der Waals surface area contributed by atoms with Crippen molar-refractivity contribution in [3.63, 3.8) is 0 Å².